The highest BCUT2D eigenvalue weighted by atomic mass is 16.2. The molecule has 0 spiro atoms. The number of hydrogen-bond donors (Lipinski definition) is 3. The van der Waals surface area contributed by atoms with E-state index in [9.17, 15) is 4.79 Å². The summed E-state index contributed by atoms with van der Waals surface area (Å²) < 4.78 is 2.26. The third-order valence-corrected chi connectivity index (χ3v) is 3.29. The van der Waals surface area contributed by atoms with E-state index in [2.05, 4.69) is 29.0 Å². The minimum absolute atomic E-state index is 0.471. The molecule has 2 amide bonds. The van der Waals surface area contributed by atoms with Gasteiger partial charge >= 0.3 is 6.03 Å². The Labute approximate surface area is 113 Å². The van der Waals surface area contributed by atoms with Gasteiger partial charge in [0.05, 0.1) is 5.69 Å². The van der Waals surface area contributed by atoms with E-state index in [0.717, 1.165) is 44.0 Å². The summed E-state index contributed by atoms with van der Waals surface area (Å²) in [5.74, 6) is 1.69. The highest BCUT2D eigenvalue weighted by Crippen LogP contribution is 2.18. The van der Waals surface area contributed by atoms with Gasteiger partial charge in [0, 0.05) is 44.7 Å². The summed E-state index contributed by atoms with van der Waals surface area (Å²) in [6.07, 6.45) is 1.96. The minimum atomic E-state index is -0.471. The van der Waals surface area contributed by atoms with Crippen molar-refractivity contribution in [2.24, 2.45) is 11.7 Å². The van der Waals surface area contributed by atoms with Gasteiger partial charge in [0.15, 0.2) is 0 Å². The van der Waals surface area contributed by atoms with Gasteiger partial charge in [0.25, 0.3) is 0 Å². The zero-order chi connectivity index (χ0) is 13.8. The first-order valence-corrected chi connectivity index (χ1v) is 6.89. The Balaban J connectivity index is 2.16. The number of nitrogens with one attached hydrogen (secondary N) is 2. The van der Waals surface area contributed by atoms with Crippen LogP contribution in [0.3, 0.4) is 0 Å². The van der Waals surface area contributed by atoms with Crippen molar-refractivity contribution in [3.8, 4) is 0 Å². The molecule has 0 saturated carbocycles. The molecule has 1 aliphatic rings. The average molecular weight is 265 g/mol. The maximum absolute atomic E-state index is 10.8. The van der Waals surface area contributed by atoms with E-state index in [4.69, 9.17) is 10.7 Å². The van der Waals surface area contributed by atoms with Crippen LogP contribution in [-0.4, -0.2) is 28.7 Å². The molecule has 0 atom stereocenters. The Kier molecular flexibility index (Phi) is 4.42. The molecule has 106 valence electrons. The quantitative estimate of drug-likeness (QED) is 0.720. The molecule has 2 rings (SSSR count). The van der Waals surface area contributed by atoms with Gasteiger partial charge in [-0.2, -0.15) is 0 Å². The number of carbonyl (C=O) groups excluding carboxylic acids is 1. The van der Waals surface area contributed by atoms with Crippen molar-refractivity contribution in [3.63, 3.8) is 0 Å². The van der Waals surface area contributed by atoms with Crippen LogP contribution in [0.4, 0.5) is 4.79 Å². The lowest BCUT2D eigenvalue weighted by Gasteiger charge is -2.16. The Bertz CT molecular complexity index is 452. The molecule has 1 aliphatic heterocycles. The monoisotopic (exact) mass is 265 g/mol. The number of primary amides is 1. The van der Waals surface area contributed by atoms with Crippen molar-refractivity contribution in [2.75, 3.05) is 13.1 Å². The first-order chi connectivity index (χ1) is 9.08. The Hall–Kier alpha value is -1.56. The van der Waals surface area contributed by atoms with Crippen LogP contribution in [0.5, 0.6) is 0 Å². The first-order valence-electron chi connectivity index (χ1n) is 6.89. The van der Waals surface area contributed by atoms with Gasteiger partial charge in [-0.3, -0.25) is 0 Å². The topological polar surface area (TPSA) is 85.0 Å². The van der Waals surface area contributed by atoms with E-state index in [1.54, 1.807) is 0 Å². The largest absolute Gasteiger partial charge is 0.352 e. The van der Waals surface area contributed by atoms with E-state index < -0.39 is 6.03 Å². The van der Waals surface area contributed by atoms with E-state index in [1.165, 1.54) is 5.69 Å². The molecule has 4 N–H and O–H groups in total. The van der Waals surface area contributed by atoms with Crippen LogP contribution in [0.15, 0.2) is 0 Å². The minimum Gasteiger partial charge on any atom is -0.352 e. The summed E-state index contributed by atoms with van der Waals surface area (Å²) in [6, 6.07) is -0.471. The Morgan fingerprint density at radius 1 is 1.58 bits per heavy atom. The van der Waals surface area contributed by atoms with Crippen LogP contribution < -0.4 is 16.4 Å². The molecule has 19 heavy (non-hydrogen) atoms. The maximum Gasteiger partial charge on any atom is 0.312 e. The zero-order valence-electron chi connectivity index (χ0n) is 11.7. The highest BCUT2D eigenvalue weighted by molar-refractivity contribution is 5.71. The van der Waals surface area contributed by atoms with Crippen LogP contribution in [-0.2, 0) is 25.9 Å². The molecule has 0 bridgehead atoms. The third kappa shape index (κ3) is 3.47. The summed E-state index contributed by atoms with van der Waals surface area (Å²) in [4.78, 5) is 15.5. The average Bonchev–Trinajstić information content (AvgIpc) is 2.66. The molecule has 0 unspecified atom stereocenters. The summed E-state index contributed by atoms with van der Waals surface area (Å²) >= 11 is 0. The van der Waals surface area contributed by atoms with Gasteiger partial charge in [0.1, 0.15) is 5.82 Å². The van der Waals surface area contributed by atoms with Crippen molar-refractivity contribution in [1.29, 1.82) is 0 Å². The molecule has 0 aromatic carbocycles. The summed E-state index contributed by atoms with van der Waals surface area (Å²) in [7, 11) is 0. The molecule has 0 aliphatic carbocycles. The maximum atomic E-state index is 10.8. The number of imidazole rings is 1. The predicted octanol–water partition coefficient (Wildman–Crippen LogP) is 0.396. The van der Waals surface area contributed by atoms with Gasteiger partial charge in [-0.05, 0) is 5.92 Å². The number of amides is 2. The molecule has 0 radical (unpaired) electrons. The molecule has 6 heteroatoms. The normalized spacial score (nSPS) is 14.5. The van der Waals surface area contributed by atoms with E-state index in [1.807, 2.05) is 0 Å². The fourth-order valence-corrected chi connectivity index (χ4v) is 2.50. The standard InChI is InChI=1S/C13H23N5O/c1-9(2)7-12-17-10-8-15-4-3-11(10)18(12)6-5-16-13(14)19/h9,15H,3-8H2,1-2H3,(H3,14,16,19). The van der Waals surface area contributed by atoms with Gasteiger partial charge in [-0.1, -0.05) is 13.8 Å². The second kappa shape index (κ2) is 6.06. The van der Waals surface area contributed by atoms with E-state index in [-0.39, 0.29) is 0 Å². The third-order valence-electron chi connectivity index (χ3n) is 3.29. The molecule has 2 heterocycles. The number of nitrogens with two attached hydrogens (primary N) is 1. The van der Waals surface area contributed by atoms with Crippen LogP contribution in [0.1, 0.15) is 31.1 Å². The van der Waals surface area contributed by atoms with Gasteiger partial charge in [-0.15, -0.1) is 0 Å². The van der Waals surface area contributed by atoms with Crippen LogP contribution in [0.2, 0.25) is 0 Å². The molecule has 1 aromatic heterocycles. The fourth-order valence-electron chi connectivity index (χ4n) is 2.50. The summed E-state index contributed by atoms with van der Waals surface area (Å²) in [5.41, 5.74) is 7.56. The van der Waals surface area contributed by atoms with Crippen molar-refractivity contribution in [3.05, 3.63) is 17.2 Å². The summed E-state index contributed by atoms with van der Waals surface area (Å²) in [6.45, 7) is 7.51. The van der Waals surface area contributed by atoms with Crippen molar-refractivity contribution < 1.29 is 4.79 Å². The number of rotatable bonds is 5. The number of urea groups is 1. The smallest absolute Gasteiger partial charge is 0.312 e. The van der Waals surface area contributed by atoms with Gasteiger partial charge < -0.3 is 20.9 Å². The van der Waals surface area contributed by atoms with Crippen LogP contribution in [0, 0.1) is 5.92 Å². The molecule has 0 saturated heterocycles. The molecular weight excluding hydrogens is 242 g/mol. The molecule has 1 aromatic rings. The SMILES string of the molecule is CC(C)Cc1nc2c(n1CCNC(N)=O)CCNC2. The second-order valence-corrected chi connectivity index (χ2v) is 5.39. The van der Waals surface area contributed by atoms with E-state index >= 15 is 0 Å². The molecular formula is C13H23N5O. The molecule has 0 fully saturated rings. The van der Waals surface area contributed by atoms with Crippen molar-refractivity contribution >= 4 is 6.03 Å². The molecule has 6 nitrogen and oxygen atoms in total. The Morgan fingerprint density at radius 2 is 2.37 bits per heavy atom. The van der Waals surface area contributed by atoms with Crippen molar-refractivity contribution in [2.45, 2.75) is 39.8 Å². The Morgan fingerprint density at radius 3 is 3.05 bits per heavy atom. The zero-order valence-corrected chi connectivity index (χ0v) is 11.7. The van der Waals surface area contributed by atoms with Crippen molar-refractivity contribution in [1.82, 2.24) is 20.2 Å². The lowest BCUT2D eigenvalue weighted by molar-refractivity contribution is 0.248. The second-order valence-electron chi connectivity index (χ2n) is 5.39. The van der Waals surface area contributed by atoms with Gasteiger partial charge in [-0.25, -0.2) is 9.78 Å². The van der Waals surface area contributed by atoms with Gasteiger partial charge in [0.2, 0.25) is 0 Å². The fraction of sp³-hybridized carbons (Fsp3) is 0.692. The summed E-state index contributed by atoms with van der Waals surface area (Å²) in [5, 5.41) is 5.99. The van der Waals surface area contributed by atoms with Crippen LogP contribution in [0.25, 0.3) is 0 Å². The number of aromatic nitrogens is 2. The number of carbonyl (C=O) groups is 1. The first kappa shape index (κ1) is 13.9. The number of hydrogen-bond acceptors (Lipinski definition) is 3. The highest BCUT2D eigenvalue weighted by Gasteiger charge is 2.19. The lowest BCUT2D eigenvalue weighted by atomic mass is 10.1. The lowest BCUT2D eigenvalue weighted by Crippen LogP contribution is -2.33. The number of fused-ring (bicyclic) bond motifs is 1. The predicted molar refractivity (Wildman–Crippen MR) is 73.8 cm³/mol. The van der Waals surface area contributed by atoms with Crippen LogP contribution >= 0.6 is 0 Å². The number of nitrogens with zero attached hydrogens (tertiary/aromatic N) is 2. The van der Waals surface area contributed by atoms with E-state index in [0.29, 0.717) is 12.5 Å².